The highest BCUT2D eigenvalue weighted by Crippen LogP contribution is 2.48. The van der Waals surface area contributed by atoms with Gasteiger partial charge in [0.25, 0.3) is 0 Å². The van der Waals surface area contributed by atoms with Gasteiger partial charge in [-0.25, -0.2) is 0 Å². The van der Waals surface area contributed by atoms with Crippen molar-refractivity contribution >= 4 is 0 Å². The van der Waals surface area contributed by atoms with Crippen LogP contribution in [-0.4, -0.2) is 95.4 Å². The van der Waals surface area contributed by atoms with Crippen LogP contribution in [0.1, 0.15) is 65.7 Å². The molecule has 0 amide bonds. The molecule has 4 N–H and O–H groups in total. The summed E-state index contributed by atoms with van der Waals surface area (Å²) in [5.41, 5.74) is 0.419. The predicted octanol–water partition coefficient (Wildman–Crippen LogP) is 1.71. The normalized spacial score (nSPS) is 25.0. The number of hydrogen-bond donors (Lipinski definition) is 4. The zero-order valence-corrected chi connectivity index (χ0v) is 18.6. The summed E-state index contributed by atoms with van der Waals surface area (Å²) in [6.45, 7) is 12.4. The summed E-state index contributed by atoms with van der Waals surface area (Å²) < 4.78 is 0. The summed E-state index contributed by atoms with van der Waals surface area (Å²) in [6.07, 6.45) is 6.52. The summed E-state index contributed by atoms with van der Waals surface area (Å²) in [4.78, 5) is 4.90. The molecule has 1 saturated carbocycles. The third kappa shape index (κ3) is 9.51. The molecule has 6 heteroatoms. The Morgan fingerprint density at radius 2 is 1.18 bits per heavy atom. The molecule has 6 nitrogen and oxygen atoms in total. The Morgan fingerprint density at radius 3 is 1.64 bits per heavy atom. The lowest BCUT2D eigenvalue weighted by Gasteiger charge is -2.51. The highest BCUT2D eigenvalue weighted by molar-refractivity contribution is 4.96. The van der Waals surface area contributed by atoms with Gasteiger partial charge in [0.15, 0.2) is 0 Å². The van der Waals surface area contributed by atoms with Crippen molar-refractivity contribution in [3.63, 3.8) is 0 Å². The van der Waals surface area contributed by atoms with Crippen molar-refractivity contribution < 1.29 is 20.4 Å². The van der Waals surface area contributed by atoms with Crippen LogP contribution < -0.4 is 0 Å². The lowest BCUT2D eigenvalue weighted by atomic mass is 9.62. The van der Waals surface area contributed by atoms with Crippen LogP contribution in [-0.2, 0) is 0 Å². The molecule has 1 rings (SSSR count). The number of aliphatic hydroxyl groups is 4. The molecule has 2 unspecified atom stereocenters. The second-order valence-electron chi connectivity index (χ2n) is 9.83. The minimum atomic E-state index is 0.175. The fourth-order valence-electron chi connectivity index (χ4n) is 5.38. The maximum Gasteiger partial charge on any atom is 0.0443 e. The lowest BCUT2D eigenvalue weighted by Crippen LogP contribution is -2.51. The quantitative estimate of drug-likeness (QED) is 0.334. The molecular formula is C22H46N2O4. The SMILES string of the molecule is CC1(C)CC(N(CCCO)CCCO)CC(C)(CN(CCCO)CCCO)C1. The number of hydrogen-bond acceptors (Lipinski definition) is 6. The fraction of sp³-hybridized carbons (Fsp3) is 1.00. The van der Waals surface area contributed by atoms with Crippen LogP contribution in [0.5, 0.6) is 0 Å². The Kier molecular flexibility index (Phi) is 12.1. The van der Waals surface area contributed by atoms with E-state index in [0.29, 0.717) is 6.04 Å². The van der Waals surface area contributed by atoms with Crippen LogP contribution in [0.25, 0.3) is 0 Å². The molecule has 0 heterocycles. The number of aliphatic hydroxyl groups excluding tert-OH is 4. The lowest BCUT2D eigenvalue weighted by molar-refractivity contribution is -0.00865. The molecule has 0 saturated heterocycles. The second-order valence-corrected chi connectivity index (χ2v) is 9.83. The molecule has 0 aromatic heterocycles. The predicted molar refractivity (Wildman–Crippen MR) is 114 cm³/mol. The van der Waals surface area contributed by atoms with Gasteiger partial charge in [0.05, 0.1) is 0 Å². The minimum Gasteiger partial charge on any atom is -0.396 e. The number of nitrogens with zero attached hydrogens (tertiary/aromatic N) is 2. The second kappa shape index (κ2) is 13.1. The average Bonchev–Trinajstić information content (AvgIpc) is 2.62. The highest BCUT2D eigenvalue weighted by atomic mass is 16.3. The van der Waals surface area contributed by atoms with Crippen molar-refractivity contribution in [1.29, 1.82) is 0 Å². The van der Waals surface area contributed by atoms with Gasteiger partial charge in [-0.3, -0.25) is 0 Å². The van der Waals surface area contributed by atoms with E-state index >= 15 is 0 Å². The first-order valence-electron chi connectivity index (χ1n) is 11.2. The highest BCUT2D eigenvalue weighted by Gasteiger charge is 2.43. The third-order valence-electron chi connectivity index (χ3n) is 6.02. The Bertz CT molecular complexity index is 392. The third-order valence-corrected chi connectivity index (χ3v) is 6.02. The standard InChI is InChI=1S/C22H46N2O4/c1-21(2)16-20(24(10-6-14-27)11-7-15-28)17-22(3,18-21)19-23(8-4-12-25)9-5-13-26/h20,25-28H,4-19H2,1-3H3. The van der Waals surface area contributed by atoms with E-state index in [1.807, 2.05) is 0 Å². The van der Waals surface area contributed by atoms with Gasteiger partial charge in [-0.05, 0) is 55.8 Å². The minimum absolute atomic E-state index is 0.175. The van der Waals surface area contributed by atoms with Crippen LogP contribution in [0.2, 0.25) is 0 Å². The van der Waals surface area contributed by atoms with Crippen molar-refractivity contribution in [1.82, 2.24) is 9.80 Å². The molecule has 0 radical (unpaired) electrons. The van der Waals surface area contributed by atoms with Gasteiger partial charge in [-0.2, -0.15) is 0 Å². The molecule has 2 atom stereocenters. The van der Waals surface area contributed by atoms with Crippen molar-refractivity contribution in [2.45, 2.75) is 71.8 Å². The molecule has 28 heavy (non-hydrogen) atoms. The van der Waals surface area contributed by atoms with Gasteiger partial charge in [0.1, 0.15) is 0 Å². The first-order valence-corrected chi connectivity index (χ1v) is 11.2. The summed E-state index contributed by atoms with van der Waals surface area (Å²) in [5, 5.41) is 37.1. The van der Waals surface area contributed by atoms with Crippen LogP contribution in [0.15, 0.2) is 0 Å². The summed E-state index contributed by atoms with van der Waals surface area (Å²) in [5.74, 6) is 0. The molecule has 1 fully saturated rings. The van der Waals surface area contributed by atoms with Crippen molar-refractivity contribution in [3.05, 3.63) is 0 Å². The first-order chi connectivity index (χ1) is 13.3. The summed E-state index contributed by atoms with van der Waals surface area (Å²) in [7, 11) is 0. The molecule has 1 aliphatic carbocycles. The summed E-state index contributed by atoms with van der Waals surface area (Å²) >= 11 is 0. The van der Waals surface area contributed by atoms with Crippen molar-refractivity contribution in [3.8, 4) is 0 Å². The van der Waals surface area contributed by atoms with Gasteiger partial charge in [-0.1, -0.05) is 20.8 Å². The van der Waals surface area contributed by atoms with E-state index < -0.39 is 0 Å². The molecule has 1 aliphatic rings. The van der Waals surface area contributed by atoms with Gasteiger partial charge >= 0.3 is 0 Å². The molecule has 0 bridgehead atoms. The largest absolute Gasteiger partial charge is 0.396 e. The summed E-state index contributed by atoms with van der Waals surface area (Å²) in [6, 6.07) is 0.462. The maximum atomic E-state index is 9.30. The van der Waals surface area contributed by atoms with Gasteiger partial charge in [0, 0.05) is 65.2 Å². The van der Waals surface area contributed by atoms with Crippen molar-refractivity contribution in [2.24, 2.45) is 10.8 Å². The van der Waals surface area contributed by atoms with E-state index in [1.165, 1.54) is 6.42 Å². The van der Waals surface area contributed by atoms with Crippen LogP contribution in [0, 0.1) is 10.8 Å². The molecule has 168 valence electrons. The smallest absolute Gasteiger partial charge is 0.0443 e. The van der Waals surface area contributed by atoms with Crippen LogP contribution >= 0.6 is 0 Å². The van der Waals surface area contributed by atoms with E-state index in [2.05, 4.69) is 30.6 Å². The first kappa shape index (κ1) is 25.8. The topological polar surface area (TPSA) is 87.4 Å². The zero-order chi connectivity index (χ0) is 21.0. The molecule has 0 spiro atoms. The molecule has 0 aromatic rings. The fourth-order valence-corrected chi connectivity index (χ4v) is 5.38. The van der Waals surface area contributed by atoms with E-state index in [9.17, 15) is 20.4 Å². The molecule has 0 aromatic carbocycles. The Hall–Kier alpha value is -0.240. The van der Waals surface area contributed by atoms with E-state index in [0.717, 1.165) is 71.2 Å². The zero-order valence-electron chi connectivity index (χ0n) is 18.6. The van der Waals surface area contributed by atoms with Gasteiger partial charge < -0.3 is 30.2 Å². The maximum absolute atomic E-state index is 9.30. The van der Waals surface area contributed by atoms with Gasteiger partial charge in [-0.15, -0.1) is 0 Å². The van der Waals surface area contributed by atoms with Crippen LogP contribution in [0.3, 0.4) is 0 Å². The Morgan fingerprint density at radius 1 is 0.714 bits per heavy atom. The Labute approximate surface area is 172 Å². The van der Waals surface area contributed by atoms with Gasteiger partial charge in [0.2, 0.25) is 0 Å². The average molecular weight is 403 g/mol. The van der Waals surface area contributed by atoms with E-state index in [1.54, 1.807) is 0 Å². The molecule has 0 aliphatic heterocycles. The van der Waals surface area contributed by atoms with Crippen molar-refractivity contribution in [2.75, 3.05) is 59.2 Å². The monoisotopic (exact) mass is 402 g/mol. The van der Waals surface area contributed by atoms with Crippen LogP contribution in [0.4, 0.5) is 0 Å². The molecular weight excluding hydrogens is 356 g/mol. The van der Waals surface area contributed by atoms with E-state index in [4.69, 9.17) is 0 Å². The van der Waals surface area contributed by atoms with E-state index in [-0.39, 0.29) is 37.3 Å². The Balaban J connectivity index is 2.89. The number of rotatable bonds is 15.